The molecule has 0 N–H and O–H groups in total. The molecule has 0 fully saturated rings. The molecule has 15 heavy (non-hydrogen) atoms. The van der Waals surface area contributed by atoms with Crippen molar-refractivity contribution in [2.24, 2.45) is 17.8 Å². The van der Waals surface area contributed by atoms with Crippen molar-refractivity contribution in [3.63, 3.8) is 0 Å². The van der Waals surface area contributed by atoms with Gasteiger partial charge in [0.1, 0.15) is 5.78 Å². The predicted octanol–water partition coefficient (Wildman–Crippen LogP) is 3.98. The summed E-state index contributed by atoms with van der Waals surface area (Å²) < 4.78 is 0. The van der Waals surface area contributed by atoms with E-state index < -0.39 is 0 Å². The smallest absolute Gasteiger partial charge is 0.136 e. The Hall–Kier alpha value is -0.590. The Morgan fingerprint density at radius 3 is 2.67 bits per heavy atom. The van der Waals surface area contributed by atoms with Crippen molar-refractivity contribution in [1.82, 2.24) is 0 Å². The summed E-state index contributed by atoms with van der Waals surface area (Å²) >= 11 is 0. The molecule has 1 heteroatoms. The van der Waals surface area contributed by atoms with E-state index in [1.807, 2.05) is 0 Å². The zero-order valence-electron chi connectivity index (χ0n) is 10.3. The number of hydrogen-bond acceptors (Lipinski definition) is 1. The largest absolute Gasteiger partial charge is 0.299 e. The standard InChI is InChI=1S/C14H24O/c1-4-5-6-7-13-10-11(2)8-9-14(13)12(3)15/h8-9,11,13-14H,4-7,10H2,1-3H3/t11?,13-,14?/m1/s1. The summed E-state index contributed by atoms with van der Waals surface area (Å²) in [6.07, 6.45) is 10.6. The maximum Gasteiger partial charge on any atom is 0.136 e. The molecule has 0 amide bonds. The molecule has 0 aliphatic heterocycles. The van der Waals surface area contributed by atoms with Crippen LogP contribution in [0.2, 0.25) is 0 Å². The summed E-state index contributed by atoms with van der Waals surface area (Å²) in [4.78, 5) is 11.5. The highest BCUT2D eigenvalue weighted by atomic mass is 16.1. The summed E-state index contributed by atoms with van der Waals surface area (Å²) in [5, 5.41) is 0. The summed E-state index contributed by atoms with van der Waals surface area (Å²) in [6, 6.07) is 0. The van der Waals surface area contributed by atoms with Crippen LogP contribution >= 0.6 is 0 Å². The fourth-order valence-corrected chi connectivity index (χ4v) is 2.59. The fourth-order valence-electron chi connectivity index (χ4n) is 2.59. The first-order chi connectivity index (χ1) is 7.15. The van der Waals surface area contributed by atoms with Gasteiger partial charge in [0.15, 0.2) is 0 Å². The minimum atomic E-state index is 0.207. The van der Waals surface area contributed by atoms with Crippen molar-refractivity contribution in [2.45, 2.75) is 52.9 Å². The van der Waals surface area contributed by atoms with Gasteiger partial charge < -0.3 is 0 Å². The second-order valence-electron chi connectivity index (χ2n) is 4.99. The topological polar surface area (TPSA) is 17.1 Å². The van der Waals surface area contributed by atoms with Gasteiger partial charge in [-0.2, -0.15) is 0 Å². The van der Waals surface area contributed by atoms with Crippen LogP contribution < -0.4 is 0 Å². The summed E-state index contributed by atoms with van der Waals surface area (Å²) in [6.45, 7) is 6.21. The van der Waals surface area contributed by atoms with Crippen molar-refractivity contribution in [1.29, 1.82) is 0 Å². The number of unbranched alkanes of at least 4 members (excludes halogenated alkanes) is 2. The van der Waals surface area contributed by atoms with Gasteiger partial charge in [0.2, 0.25) is 0 Å². The minimum Gasteiger partial charge on any atom is -0.299 e. The lowest BCUT2D eigenvalue weighted by atomic mass is 9.75. The molecule has 0 heterocycles. The molecule has 1 aliphatic rings. The van der Waals surface area contributed by atoms with E-state index in [2.05, 4.69) is 26.0 Å². The third kappa shape index (κ3) is 3.81. The van der Waals surface area contributed by atoms with Crippen molar-refractivity contribution in [3.05, 3.63) is 12.2 Å². The second kappa shape index (κ2) is 6.09. The van der Waals surface area contributed by atoms with Gasteiger partial charge in [-0.15, -0.1) is 0 Å². The number of carbonyl (C=O) groups excluding carboxylic acids is 1. The molecular formula is C14H24O. The van der Waals surface area contributed by atoms with Gasteiger partial charge in [0.25, 0.3) is 0 Å². The quantitative estimate of drug-likeness (QED) is 0.493. The minimum absolute atomic E-state index is 0.207. The Balaban J connectivity index is 2.51. The van der Waals surface area contributed by atoms with E-state index in [0.717, 1.165) is 0 Å². The molecule has 0 aromatic heterocycles. The van der Waals surface area contributed by atoms with Crippen molar-refractivity contribution < 1.29 is 4.79 Å². The SMILES string of the molecule is CCCCC[C@@H]1CC(C)C=CC1C(C)=O. The molecular weight excluding hydrogens is 184 g/mol. The van der Waals surface area contributed by atoms with Crippen molar-refractivity contribution in [3.8, 4) is 0 Å². The number of hydrogen-bond donors (Lipinski definition) is 0. The third-order valence-electron chi connectivity index (χ3n) is 3.48. The Bertz CT molecular complexity index is 229. The lowest BCUT2D eigenvalue weighted by molar-refractivity contribution is -0.121. The van der Waals surface area contributed by atoms with Gasteiger partial charge in [0.05, 0.1) is 0 Å². The highest BCUT2D eigenvalue weighted by molar-refractivity contribution is 5.80. The summed E-state index contributed by atoms with van der Waals surface area (Å²) in [7, 11) is 0. The van der Waals surface area contributed by atoms with E-state index in [0.29, 0.717) is 17.6 Å². The maximum absolute atomic E-state index is 11.5. The highest BCUT2D eigenvalue weighted by Gasteiger charge is 2.27. The third-order valence-corrected chi connectivity index (χ3v) is 3.48. The van der Waals surface area contributed by atoms with Crippen LogP contribution in [0.15, 0.2) is 12.2 Å². The normalized spacial score (nSPS) is 30.5. The molecule has 2 unspecified atom stereocenters. The van der Waals surface area contributed by atoms with Gasteiger partial charge in [-0.1, -0.05) is 45.3 Å². The molecule has 0 radical (unpaired) electrons. The number of Topliss-reactive ketones (excluding diaryl/α,β-unsaturated/α-hetero) is 1. The van der Waals surface area contributed by atoms with E-state index in [1.165, 1.54) is 32.1 Å². The van der Waals surface area contributed by atoms with Gasteiger partial charge in [-0.3, -0.25) is 4.79 Å². The number of ketones is 1. The van der Waals surface area contributed by atoms with E-state index in [1.54, 1.807) is 6.92 Å². The number of allylic oxidation sites excluding steroid dienone is 2. The highest BCUT2D eigenvalue weighted by Crippen LogP contribution is 2.32. The van der Waals surface area contributed by atoms with E-state index >= 15 is 0 Å². The molecule has 1 rings (SSSR count). The molecule has 0 saturated carbocycles. The van der Waals surface area contributed by atoms with E-state index in [4.69, 9.17) is 0 Å². The summed E-state index contributed by atoms with van der Waals surface area (Å²) in [5.41, 5.74) is 0. The van der Waals surface area contributed by atoms with Gasteiger partial charge in [0, 0.05) is 5.92 Å². The van der Waals surface area contributed by atoms with Crippen LogP contribution in [0.5, 0.6) is 0 Å². The average molecular weight is 208 g/mol. The first-order valence-corrected chi connectivity index (χ1v) is 6.34. The molecule has 1 aliphatic carbocycles. The van der Waals surface area contributed by atoms with Crippen LogP contribution in [-0.4, -0.2) is 5.78 Å². The number of carbonyl (C=O) groups is 1. The Kier molecular flexibility index (Phi) is 5.07. The van der Waals surface area contributed by atoms with Crippen LogP contribution in [-0.2, 0) is 4.79 Å². The molecule has 0 saturated heterocycles. The average Bonchev–Trinajstić information content (AvgIpc) is 2.18. The van der Waals surface area contributed by atoms with Gasteiger partial charge in [-0.05, 0) is 31.6 Å². The first kappa shape index (κ1) is 12.5. The molecule has 0 spiro atoms. The zero-order chi connectivity index (χ0) is 11.3. The molecule has 0 aromatic rings. The van der Waals surface area contributed by atoms with Crippen LogP contribution in [0.25, 0.3) is 0 Å². The number of rotatable bonds is 5. The van der Waals surface area contributed by atoms with Gasteiger partial charge in [-0.25, -0.2) is 0 Å². The predicted molar refractivity (Wildman–Crippen MR) is 64.7 cm³/mol. The van der Waals surface area contributed by atoms with Crippen LogP contribution in [0, 0.1) is 17.8 Å². The Morgan fingerprint density at radius 1 is 1.33 bits per heavy atom. The van der Waals surface area contributed by atoms with E-state index in [-0.39, 0.29) is 5.92 Å². The molecule has 3 atom stereocenters. The van der Waals surface area contributed by atoms with Crippen LogP contribution in [0.3, 0.4) is 0 Å². The van der Waals surface area contributed by atoms with Crippen LogP contribution in [0.1, 0.15) is 52.9 Å². The molecule has 0 bridgehead atoms. The maximum atomic E-state index is 11.5. The first-order valence-electron chi connectivity index (χ1n) is 6.34. The molecule has 86 valence electrons. The van der Waals surface area contributed by atoms with Crippen molar-refractivity contribution >= 4 is 5.78 Å². The van der Waals surface area contributed by atoms with Gasteiger partial charge >= 0.3 is 0 Å². The zero-order valence-corrected chi connectivity index (χ0v) is 10.3. The van der Waals surface area contributed by atoms with E-state index in [9.17, 15) is 4.79 Å². The fraction of sp³-hybridized carbons (Fsp3) is 0.786. The Labute approximate surface area is 93.9 Å². The monoisotopic (exact) mass is 208 g/mol. The lowest BCUT2D eigenvalue weighted by Gasteiger charge is -2.29. The second-order valence-corrected chi connectivity index (χ2v) is 4.99. The lowest BCUT2D eigenvalue weighted by Crippen LogP contribution is -2.25. The Morgan fingerprint density at radius 2 is 2.07 bits per heavy atom. The summed E-state index contributed by atoms with van der Waals surface area (Å²) in [5.74, 6) is 1.82. The van der Waals surface area contributed by atoms with Crippen LogP contribution in [0.4, 0.5) is 0 Å². The molecule has 0 aromatic carbocycles. The van der Waals surface area contributed by atoms with Crippen molar-refractivity contribution in [2.75, 3.05) is 0 Å². The molecule has 1 nitrogen and oxygen atoms in total.